The molecule has 0 aromatic carbocycles. The van der Waals surface area contributed by atoms with Gasteiger partial charge in [-0.05, 0) is 0 Å². The fraction of sp³-hybridized carbons (Fsp3) is 0.643. The Balaban J connectivity index is -0.000000338. The Morgan fingerprint density at radius 1 is 0.375 bits per heavy atom. The molecule has 159 valence electrons. The average molecular weight is 589 g/mol. The standard InChI is InChI=1S/C14H23N3O10.5K/c18-10(19)5-15(1-3-16(6-11(20)21)7-12(22)23)2-4-17(8-13(24)25)9-14(26)27;;;;;/h1-9H2,(H,18,19)(H,20,21)(H,22,23)(H,24,25)(H,26,27);;;;;. The Morgan fingerprint density at radius 2 is 0.531 bits per heavy atom. The molecule has 0 heterocycles. The predicted octanol–water partition coefficient (Wildman–Crippen LogP) is -4.59. The van der Waals surface area contributed by atoms with Crippen LogP contribution >= 0.6 is 0 Å². The van der Waals surface area contributed by atoms with Crippen LogP contribution in [0.15, 0.2) is 0 Å². The largest absolute Gasteiger partial charge is 0.480 e. The number of aliphatic carboxylic acids is 5. The van der Waals surface area contributed by atoms with Crippen molar-refractivity contribution in [1.82, 2.24) is 14.7 Å². The number of carboxylic acid groups (broad SMARTS) is 5. The van der Waals surface area contributed by atoms with Crippen LogP contribution in [0.5, 0.6) is 0 Å². The van der Waals surface area contributed by atoms with Crippen LogP contribution in [0.1, 0.15) is 0 Å². The molecule has 0 spiro atoms. The van der Waals surface area contributed by atoms with E-state index in [9.17, 15) is 24.0 Å². The summed E-state index contributed by atoms with van der Waals surface area (Å²) in [6, 6.07) is 0. The van der Waals surface area contributed by atoms with Crippen molar-refractivity contribution in [1.29, 1.82) is 0 Å². The van der Waals surface area contributed by atoms with E-state index < -0.39 is 62.6 Å². The SMILES string of the molecule is O=C(O)CN(CCN(CC(=O)O)CC(=O)O)CCN(CC(=O)O)CC(=O)O.[K].[K].[K].[K].[K]. The Morgan fingerprint density at radius 3 is 0.719 bits per heavy atom. The van der Waals surface area contributed by atoms with Crippen molar-refractivity contribution >= 4 is 287 Å². The van der Waals surface area contributed by atoms with Crippen LogP contribution in [-0.4, -0.2) is 386 Å². The molecule has 0 aromatic heterocycles. The van der Waals surface area contributed by atoms with Crippen LogP contribution in [0.2, 0.25) is 0 Å². The van der Waals surface area contributed by atoms with E-state index in [1.807, 2.05) is 0 Å². The number of rotatable bonds is 16. The zero-order valence-corrected chi connectivity index (χ0v) is 35.1. The van der Waals surface area contributed by atoms with Gasteiger partial charge in [-0.2, -0.15) is 0 Å². The minimum absolute atomic E-state index is 0. The molecule has 0 atom stereocenters. The smallest absolute Gasteiger partial charge is 0.317 e. The molecule has 0 aliphatic rings. The van der Waals surface area contributed by atoms with Gasteiger partial charge in [-0.25, -0.2) is 0 Å². The number of hydrogen-bond acceptors (Lipinski definition) is 8. The summed E-state index contributed by atoms with van der Waals surface area (Å²) in [6.07, 6.45) is 0. The quantitative estimate of drug-likeness (QED) is 0.108. The van der Waals surface area contributed by atoms with Gasteiger partial charge < -0.3 is 25.5 Å². The number of carboxylic acids is 5. The maximum atomic E-state index is 11.0. The minimum atomic E-state index is -1.24. The summed E-state index contributed by atoms with van der Waals surface area (Å²) in [4.78, 5) is 57.6. The Hall–Kier alpha value is 5.41. The van der Waals surface area contributed by atoms with Crippen molar-refractivity contribution < 1.29 is 49.5 Å². The number of carbonyl (C=O) groups is 5. The van der Waals surface area contributed by atoms with Gasteiger partial charge in [0.05, 0.1) is 32.7 Å². The van der Waals surface area contributed by atoms with Crippen LogP contribution < -0.4 is 0 Å². The summed E-state index contributed by atoms with van der Waals surface area (Å²) in [7, 11) is 0. The van der Waals surface area contributed by atoms with Gasteiger partial charge in [0.1, 0.15) is 0 Å². The van der Waals surface area contributed by atoms with Gasteiger partial charge in [0.15, 0.2) is 0 Å². The molecule has 0 unspecified atom stereocenters. The first kappa shape index (κ1) is 50.3. The van der Waals surface area contributed by atoms with E-state index >= 15 is 0 Å². The molecule has 18 heteroatoms. The fourth-order valence-electron chi connectivity index (χ4n) is 2.22. The first-order valence-corrected chi connectivity index (χ1v) is 7.75. The van der Waals surface area contributed by atoms with Crippen molar-refractivity contribution in [2.75, 3.05) is 58.9 Å². The van der Waals surface area contributed by atoms with E-state index in [-0.39, 0.29) is 283 Å². The van der Waals surface area contributed by atoms with Gasteiger partial charge in [0, 0.05) is 283 Å². The number of hydrogen-bond donors (Lipinski definition) is 5. The van der Waals surface area contributed by atoms with Crippen molar-refractivity contribution in [2.24, 2.45) is 0 Å². The minimum Gasteiger partial charge on any atom is -0.480 e. The molecule has 0 aliphatic heterocycles. The van der Waals surface area contributed by atoms with Crippen molar-refractivity contribution in [3.05, 3.63) is 0 Å². The summed E-state index contributed by atoms with van der Waals surface area (Å²) < 4.78 is 0. The first-order chi connectivity index (χ1) is 12.5. The van der Waals surface area contributed by atoms with E-state index in [4.69, 9.17) is 25.5 Å². The van der Waals surface area contributed by atoms with E-state index in [0.717, 1.165) is 9.80 Å². The van der Waals surface area contributed by atoms with Gasteiger partial charge in [-0.1, -0.05) is 0 Å². The second kappa shape index (κ2) is 30.9. The fourth-order valence-corrected chi connectivity index (χ4v) is 2.22. The first-order valence-electron chi connectivity index (χ1n) is 7.75. The molecule has 5 radical (unpaired) electrons. The maximum absolute atomic E-state index is 11.0. The number of nitrogens with zero attached hydrogens (tertiary/aromatic N) is 3. The van der Waals surface area contributed by atoms with Gasteiger partial charge in [0.25, 0.3) is 0 Å². The maximum Gasteiger partial charge on any atom is 0.317 e. The molecular weight excluding hydrogens is 566 g/mol. The van der Waals surface area contributed by atoms with Crippen molar-refractivity contribution in [3.8, 4) is 0 Å². The molecule has 0 fully saturated rings. The molecule has 0 saturated carbocycles. The normalized spacial score (nSPS) is 9.34. The zero-order valence-electron chi connectivity index (χ0n) is 19.5. The average Bonchev–Trinajstić information content (AvgIpc) is 2.46. The third kappa shape index (κ3) is 33.4. The van der Waals surface area contributed by atoms with Gasteiger partial charge in [0.2, 0.25) is 0 Å². The van der Waals surface area contributed by atoms with Gasteiger partial charge >= 0.3 is 29.8 Å². The molecule has 0 amide bonds. The topological polar surface area (TPSA) is 196 Å². The molecular formula is C14H23K5N3O10. The molecule has 32 heavy (non-hydrogen) atoms. The summed E-state index contributed by atoms with van der Waals surface area (Å²) >= 11 is 0. The molecule has 0 bridgehead atoms. The molecule has 0 aliphatic carbocycles. The van der Waals surface area contributed by atoms with E-state index in [1.54, 1.807) is 0 Å². The van der Waals surface area contributed by atoms with Gasteiger partial charge in [-0.15, -0.1) is 0 Å². The van der Waals surface area contributed by atoms with Crippen LogP contribution in [-0.2, 0) is 24.0 Å². The Kier molecular flexibility index (Phi) is 48.6. The molecule has 5 N–H and O–H groups in total. The van der Waals surface area contributed by atoms with Crippen LogP contribution in [0.3, 0.4) is 0 Å². The zero-order chi connectivity index (χ0) is 21.0. The molecule has 0 aromatic rings. The summed E-state index contributed by atoms with van der Waals surface area (Å²) in [5.74, 6) is -6.16. The van der Waals surface area contributed by atoms with E-state index in [2.05, 4.69) is 0 Å². The Labute approximate surface area is 398 Å². The predicted molar refractivity (Wildman–Crippen MR) is 116 cm³/mol. The summed E-state index contributed by atoms with van der Waals surface area (Å²) in [5.41, 5.74) is 0. The molecule has 13 nitrogen and oxygen atoms in total. The second-order valence-electron chi connectivity index (χ2n) is 5.67. The summed E-state index contributed by atoms with van der Waals surface area (Å²) in [6.45, 7) is -2.74. The molecule has 0 saturated heterocycles. The van der Waals surface area contributed by atoms with Crippen molar-refractivity contribution in [3.63, 3.8) is 0 Å². The second-order valence-corrected chi connectivity index (χ2v) is 5.67. The van der Waals surface area contributed by atoms with Crippen LogP contribution in [0.4, 0.5) is 0 Å². The third-order valence-corrected chi connectivity index (χ3v) is 3.26. The Bertz CT molecular complexity index is 501. The monoisotopic (exact) mass is 588 g/mol. The van der Waals surface area contributed by atoms with Crippen LogP contribution in [0.25, 0.3) is 0 Å². The van der Waals surface area contributed by atoms with Gasteiger partial charge in [-0.3, -0.25) is 38.7 Å². The molecule has 0 rings (SSSR count). The van der Waals surface area contributed by atoms with E-state index in [1.165, 1.54) is 4.90 Å². The van der Waals surface area contributed by atoms with Crippen molar-refractivity contribution in [2.45, 2.75) is 0 Å². The van der Waals surface area contributed by atoms with E-state index in [0.29, 0.717) is 0 Å². The van der Waals surface area contributed by atoms with Crippen LogP contribution in [0, 0.1) is 0 Å². The summed E-state index contributed by atoms with van der Waals surface area (Å²) in [5, 5.41) is 44.1. The third-order valence-electron chi connectivity index (χ3n) is 3.26.